The summed E-state index contributed by atoms with van der Waals surface area (Å²) >= 11 is 0. The van der Waals surface area contributed by atoms with E-state index in [2.05, 4.69) is 0 Å². The molecular weight excluding hydrogens is 164 g/mol. The zero-order valence-electron chi connectivity index (χ0n) is 6.66. The van der Waals surface area contributed by atoms with Crippen molar-refractivity contribution >= 4 is 9.84 Å². The molecule has 1 unspecified atom stereocenters. The lowest BCUT2D eigenvalue weighted by atomic mass is 10.1. The van der Waals surface area contributed by atoms with Gasteiger partial charge in [0.1, 0.15) is 0 Å². The number of hydrogen-bond donors (Lipinski definition) is 1. The van der Waals surface area contributed by atoms with Crippen molar-refractivity contribution in [2.45, 2.75) is 18.1 Å². The lowest BCUT2D eigenvalue weighted by Gasteiger charge is -2.27. The molecule has 0 spiro atoms. The standard InChI is InChI=1S/C6H14N2O2S/c1-11(9,10)6-3-2-4-8(7)5-6/h6H,2-5,7H2,1H3. The second-order valence-corrected chi connectivity index (χ2v) is 5.41. The molecule has 1 aliphatic heterocycles. The van der Waals surface area contributed by atoms with Crippen LogP contribution >= 0.6 is 0 Å². The third kappa shape index (κ3) is 2.43. The first kappa shape index (κ1) is 8.96. The molecule has 0 aromatic heterocycles. The van der Waals surface area contributed by atoms with Crippen LogP contribution in [0.5, 0.6) is 0 Å². The summed E-state index contributed by atoms with van der Waals surface area (Å²) in [6.07, 6.45) is 2.91. The first-order valence-corrected chi connectivity index (χ1v) is 5.64. The maximum atomic E-state index is 11.0. The molecule has 0 saturated carbocycles. The maximum absolute atomic E-state index is 11.0. The average Bonchev–Trinajstić information content (AvgIpc) is 1.86. The number of hydrazine groups is 1. The van der Waals surface area contributed by atoms with Crippen LogP contribution in [0, 0.1) is 0 Å². The molecule has 0 aromatic carbocycles. The summed E-state index contributed by atoms with van der Waals surface area (Å²) in [5, 5.41) is 1.33. The Morgan fingerprint density at radius 1 is 1.55 bits per heavy atom. The van der Waals surface area contributed by atoms with E-state index in [-0.39, 0.29) is 5.25 Å². The Bertz CT molecular complexity index is 225. The summed E-state index contributed by atoms with van der Waals surface area (Å²) in [4.78, 5) is 0. The molecule has 0 radical (unpaired) electrons. The Morgan fingerprint density at radius 3 is 2.55 bits per heavy atom. The molecule has 1 fully saturated rings. The predicted molar refractivity (Wildman–Crippen MR) is 43.6 cm³/mol. The predicted octanol–water partition coefficient (Wildman–Crippen LogP) is -0.631. The van der Waals surface area contributed by atoms with Gasteiger partial charge in [-0.15, -0.1) is 0 Å². The monoisotopic (exact) mass is 178 g/mol. The van der Waals surface area contributed by atoms with E-state index in [1.807, 2.05) is 0 Å². The highest BCUT2D eigenvalue weighted by atomic mass is 32.2. The lowest BCUT2D eigenvalue weighted by Crippen LogP contribution is -2.45. The highest BCUT2D eigenvalue weighted by Crippen LogP contribution is 2.13. The van der Waals surface area contributed by atoms with Crippen LogP contribution in [-0.2, 0) is 9.84 Å². The van der Waals surface area contributed by atoms with Crippen LogP contribution in [0.15, 0.2) is 0 Å². The van der Waals surface area contributed by atoms with Gasteiger partial charge in [0.15, 0.2) is 9.84 Å². The van der Waals surface area contributed by atoms with E-state index >= 15 is 0 Å². The molecule has 0 aromatic rings. The first-order valence-electron chi connectivity index (χ1n) is 3.68. The van der Waals surface area contributed by atoms with E-state index in [0.717, 1.165) is 19.4 Å². The summed E-state index contributed by atoms with van der Waals surface area (Å²) in [6, 6.07) is 0. The molecule has 1 aliphatic rings. The third-order valence-electron chi connectivity index (χ3n) is 2.02. The molecule has 2 N–H and O–H groups in total. The van der Waals surface area contributed by atoms with Gasteiger partial charge in [-0.3, -0.25) is 5.84 Å². The van der Waals surface area contributed by atoms with Crippen LogP contribution in [0.1, 0.15) is 12.8 Å². The fourth-order valence-corrected chi connectivity index (χ4v) is 2.37. The Balaban J connectivity index is 2.60. The SMILES string of the molecule is CS(=O)(=O)C1CCCN(N)C1. The summed E-state index contributed by atoms with van der Waals surface area (Å²) in [7, 11) is -2.88. The Morgan fingerprint density at radius 2 is 2.18 bits per heavy atom. The fourth-order valence-electron chi connectivity index (χ4n) is 1.32. The number of piperidine rings is 1. The highest BCUT2D eigenvalue weighted by molar-refractivity contribution is 7.91. The molecule has 5 heteroatoms. The number of hydrogen-bond acceptors (Lipinski definition) is 4. The van der Waals surface area contributed by atoms with Crippen LogP contribution in [0.4, 0.5) is 0 Å². The molecule has 1 heterocycles. The molecule has 0 amide bonds. The van der Waals surface area contributed by atoms with Crippen LogP contribution < -0.4 is 5.84 Å². The fraction of sp³-hybridized carbons (Fsp3) is 1.00. The van der Waals surface area contributed by atoms with Crippen molar-refractivity contribution in [3.8, 4) is 0 Å². The van der Waals surface area contributed by atoms with Gasteiger partial charge in [0.05, 0.1) is 5.25 Å². The second-order valence-electron chi connectivity index (χ2n) is 3.09. The smallest absolute Gasteiger partial charge is 0.151 e. The number of nitrogens with two attached hydrogens (primary N) is 1. The van der Waals surface area contributed by atoms with Gasteiger partial charge in [-0.25, -0.2) is 13.4 Å². The van der Waals surface area contributed by atoms with Crippen molar-refractivity contribution in [3.05, 3.63) is 0 Å². The third-order valence-corrected chi connectivity index (χ3v) is 3.61. The van der Waals surface area contributed by atoms with Gasteiger partial charge >= 0.3 is 0 Å². The minimum Gasteiger partial charge on any atom is -0.269 e. The normalized spacial score (nSPS) is 28.7. The summed E-state index contributed by atoms with van der Waals surface area (Å²) < 4.78 is 22.1. The molecule has 1 rings (SSSR count). The Hall–Kier alpha value is -0.130. The van der Waals surface area contributed by atoms with Crippen molar-refractivity contribution in [2.24, 2.45) is 5.84 Å². The number of sulfone groups is 1. The molecule has 0 bridgehead atoms. The summed E-state index contributed by atoms with van der Waals surface area (Å²) in [5.41, 5.74) is 0. The van der Waals surface area contributed by atoms with Gasteiger partial charge in [0.2, 0.25) is 0 Å². The van der Waals surface area contributed by atoms with Gasteiger partial charge in [0.25, 0.3) is 0 Å². The van der Waals surface area contributed by atoms with Crippen LogP contribution in [-0.4, -0.2) is 38.0 Å². The van der Waals surface area contributed by atoms with Crippen molar-refractivity contribution in [1.82, 2.24) is 5.01 Å². The van der Waals surface area contributed by atoms with Gasteiger partial charge in [-0.05, 0) is 12.8 Å². The number of rotatable bonds is 1. The van der Waals surface area contributed by atoms with Crippen LogP contribution in [0.2, 0.25) is 0 Å². The molecule has 1 saturated heterocycles. The molecule has 1 atom stereocenters. The van der Waals surface area contributed by atoms with Crippen molar-refractivity contribution < 1.29 is 8.42 Å². The van der Waals surface area contributed by atoms with E-state index in [9.17, 15) is 8.42 Å². The van der Waals surface area contributed by atoms with Gasteiger partial charge in [0, 0.05) is 19.3 Å². The number of nitrogens with zero attached hydrogens (tertiary/aromatic N) is 1. The maximum Gasteiger partial charge on any atom is 0.151 e. The summed E-state index contributed by atoms with van der Waals surface area (Å²) in [6.45, 7) is 1.30. The highest BCUT2D eigenvalue weighted by Gasteiger charge is 2.25. The molecule has 0 aliphatic carbocycles. The van der Waals surface area contributed by atoms with E-state index in [4.69, 9.17) is 5.84 Å². The molecule has 11 heavy (non-hydrogen) atoms. The van der Waals surface area contributed by atoms with Gasteiger partial charge < -0.3 is 0 Å². The minimum absolute atomic E-state index is 0.249. The molecule has 4 nitrogen and oxygen atoms in total. The quantitative estimate of drug-likeness (QED) is 0.543. The van der Waals surface area contributed by atoms with Crippen molar-refractivity contribution in [1.29, 1.82) is 0 Å². The first-order chi connectivity index (χ1) is 5.00. The van der Waals surface area contributed by atoms with E-state index in [1.54, 1.807) is 5.01 Å². The Labute approximate surface area is 67.3 Å². The minimum atomic E-state index is -2.88. The van der Waals surface area contributed by atoms with Gasteiger partial charge in [-0.1, -0.05) is 0 Å². The van der Waals surface area contributed by atoms with Crippen molar-refractivity contribution in [3.63, 3.8) is 0 Å². The zero-order chi connectivity index (χ0) is 8.48. The average molecular weight is 178 g/mol. The van der Waals surface area contributed by atoms with Crippen LogP contribution in [0.25, 0.3) is 0 Å². The van der Waals surface area contributed by atoms with Crippen LogP contribution in [0.3, 0.4) is 0 Å². The largest absolute Gasteiger partial charge is 0.269 e. The topological polar surface area (TPSA) is 63.4 Å². The van der Waals surface area contributed by atoms with E-state index in [0.29, 0.717) is 6.54 Å². The van der Waals surface area contributed by atoms with Gasteiger partial charge in [-0.2, -0.15) is 0 Å². The summed E-state index contributed by atoms with van der Waals surface area (Å²) in [5.74, 6) is 5.49. The Kier molecular flexibility index (Phi) is 2.51. The van der Waals surface area contributed by atoms with E-state index in [1.165, 1.54) is 6.26 Å². The van der Waals surface area contributed by atoms with Crippen molar-refractivity contribution in [2.75, 3.05) is 19.3 Å². The van der Waals surface area contributed by atoms with E-state index < -0.39 is 9.84 Å². The second kappa shape index (κ2) is 3.08. The zero-order valence-corrected chi connectivity index (χ0v) is 7.47. The lowest BCUT2D eigenvalue weighted by molar-refractivity contribution is 0.237. The molecule has 66 valence electrons. The molecular formula is C6H14N2O2S.